The number of rotatable bonds is 5. The number of nitrogens with zero attached hydrogens (tertiary/aromatic N) is 2. The molecule has 2 aliphatic heterocycles. The Hall–Kier alpha value is -2.24. The van der Waals surface area contributed by atoms with Crippen molar-refractivity contribution < 1.29 is 14.7 Å². The number of carbonyl (C=O) groups excluding carboxylic acids is 2. The Kier molecular flexibility index (Phi) is 4.92. The van der Waals surface area contributed by atoms with E-state index in [-0.39, 0.29) is 11.7 Å². The van der Waals surface area contributed by atoms with E-state index in [1.54, 1.807) is 12.2 Å². The fraction of sp³-hybridized carbons (Fsp3) is 0.368. The summed E-state index contributed by atoms with van der Waals surface area (Å²) in [5.74, 6) is -0.271. The maximum absolute atomic E-state index is 12.4. The van der Waals surface area contributed by atoms with Crippen molar-refractivity contribution in [3.8, 4) is 0 Å². The highest BCUT2D eigenvalue weighted by Gasteiger charge is 2.42. The average Bonchev–Trinajstić information content (AvgIpc) is 3.17. The van der Waals surface area contributed by atoms with Gasteiger partial charge in [-0.1, -0.05) is 24.3 Å². The number of benzene rings is 1. The highest BCUT2D eigenvalue weighted by Crippen LogP contribution is 2.29. The minimum atomic E-state index is -0.488. The highest BCUT2D eigenvalue weighted by molar-refractivity contribution is 5.94. The predicted octanol–water partition coefficient (Wildman–Crippen LogP) is 1.19. The van der Waals surface area contributed by atoms with E-state index in [9.17, 15) is 9.59 Å². The van der Waals surface area contributed by atoms with Gasteiger partial charge in [0.1, 0.15) is 6.61 Å². The van der Waals surface area contributed by atoms with E-state index in [2.05, 4.69) is 11.9 Å². The number of hydrogen-bond donors (Lipinski definition) is 1. The average molecular weight is 326 g/mol. The lowest BCUT2D eigenvalue weighted by atomic mass is 10.1. The van der Waals surface area contributed by atoms with E-state index >= 15 is 0 Å². The number of amides is 1. The molecule has 2 fully saturated rings. The molecule has 24 heavy (non-hydrogen) atoms. The van der Waals surface area contributed by atoms with Crippen LogP contribution < -0.4 is 0 Å². The first-order valence-corrected chi connectivity index (χ1v) is 8.17. The van der Waals surface area contributed by atoms with Crippen LogP contribution in [-0.4, -0.2) is 65.4 Å². The van der Waals surface area contributed by atoms with Gasteiger partial charge in [-0.25, -0.2) is 0 Å². The zero-order valence-electron chi connectivity index (χ0n) is 13.8. The molecule has 1 N–H and O–H groups in total. The third kappa shape index (κ3) is 3.63. The number of likely N-dealkylation sites (N-methyl/N-ethyl adjacent to an activating group) is 1. The van der Waals surface area contributed by atoms with Crippen LogP contribution in [0.2, 0.25) is 0 Å². The van der Waals surface area contributed by atoms with Crippen LogP contribution in [0.5, 0.6) is 0 Å². The molecule has 1 aromatic carbocycles. The summed E-state index contributed by atoms with van der Waals surface area (Å²) in [6, 6.07) is 8.41. The van der Waals surface area contributed by atoms with Gasteiger partial charge in [0.15, 0.2) is 5.78 Å². The lowest BCUT2D eigenvalue weighted by Crippen LogP contribution is -2.46. The molecule has 0 saturated carbocycles. The van der Waals surface area contributed by atoms with Gasteiger partial charge in [-0.15, -0.1) is 0 Å². The van der Waals surface area contributed by atoms with E-state index in [0.29, 0.717) is 12.1 Å². The Morgan fingerprint density at radius 2 is 1.88 bits per heavy atom. The van der Waals surface area contributed by atoms with Crippen LogP contribution in [0.3, 0.4) is 0 Å². The molecule has 2 bridgehead atoms. The van der Waals surface area contributed by atoms with Gasteiger partial charge in [-0.05, 0) is 42.8 Å². The minimum Gasteiger partial charge on any atom is -0.388 e. The number of aliphatic hydroxyl groups is 1. The van der Waals surface area contributed by atoms with Crippen LogP contribution >= 0.6 is 0 Å². The van der Waals surface area contributed by atoms with Crippen molar-refractivity contribution in [2.24, 2.45) is 0 Å². The number of carbonyl (C=O) groups is 2. The summed E-state index contributed by atoms with van der Waals surface area (Å²) in [5.41, 5.74) is 1.76. The quantitative estimate of drug-likeness (QED) is 0.826. The van der Waals surface area contributed by atoms with Crippen molar-refractivity contribution in [1.82, 2.24) is 9.80 Å². The van der Waals surface area contributed by atoms with Crippen molar-refractivity contribution >= 4 is 23.8 Å². The number of piperazine rings is 1. The molecule has 3 rings (SSSR count). The number of ketones is 1. The molecule has 5 nitrogen and oxygen atoms in total. The molecule has 2 unspecified atom stereocenters. The zero-order valence-corrected chi connectivity index (χ0v) is 13.8. The van der Waals surface area contributed by atoms with E-state index in [4.69, 9.17) is 5.11 Å². The molecule has 2 saturated heterocycles. The molecule has 2 atom stereocenters. The number of fused-ring (bicyclic) bond motifs is 2. The van der Waals surface area contributed by atoms with Crippen LogP contribution in [0.1, 0.15) is 17.5 Å². The van der Waals surface area contributed by atoms with Crippen LogP contribution in [0.4, 0.5) is 0 Å². The molecule has 1 aromatic rings. The summed E-state index contributed by atoms with van der Waals surface area (Å²) in [6.45, 7) is 1.29. The molecular formula is C19H22N2O3. The maximum Gasteiger partial charge on any atom is 0.246 e. The van der Waals surface area contributed by atoms with Crippen molar-refractivity contribution in [3.05, 3.63) is 47.5 Å². The third-order valence-corrected chi connectivity index (χ3v) is 4.74. The second-order valence-electron chi connectivity index (χ2n) is 6.43. The Morgan fingerprint density at radius 3 is 2.46 bits per heavy atom. The predicted molar refractivity (Wildman–Crippen MR) is 93.1 cm³/mol. The lowest BCUT2D eigenvalue weighted by Gasteiger charge is -2.31. The first kappa shape index (κ1) is 16.6. The molecule has 2 aliphatic rings. The van der Waals surface area contributed by atoms with Crippen LogP contribution in [0.25, 0.3) is 12.2 Å². The zero-order chi connectivity index (χ0) is 17.1. The summed E-state index contributed by atoms with van der Waals surface area (Å²) < 4.78 is 0. The van der Waals surface area contributed by atoms with Crippen molar-refractivity contribution in [2.75, 3.05) is 26.7 Å². The van der Waals surface area contributed by atoms with E-state index in [1.807, 2.05) is 35.2 Å². The summed E-state index contributed by atoms with van der Waals surface area (Å²) in [5, 5.41) is 8.72. The smallest absolute Gasteiger partial charge is 0.246 e. The first-order valence-electron chi connectivity index (χ1n) is 8.17. The van der Waals surface area contributed by atoms with E-state index in [0.717, 1.165) is 30.6 Å². The van der Waals surface area contributed by atoms with E-state index in [1.165, 1.54) is 6.08 Å². The van der Waals surface area contributed by atoms with Crippen molar-refractivity contribution in [2.45, 2.75) is 18.5 Å². The maximum atomic E-state index is 12.4. The molecule has 0 aromatic heterocycles. The van der Waals surface area contributed by atoms with Crippen molar-refractivity contribution in [1.29, 1.82) is 0 Å². The van der Waals surface area contributed by atoms with Crippen LogP contribution in [-0.2, 0) is 9.59 Å². The molecule has 1 amide bonds. The van der Waals surface area contributed by atoms with Crippen LogP contribution in [0, 0.1) is 0 Å². The van der Waals surface area contributed by atoms with Crippen molar-refractivity contribution in [3.63, 3.8) is 0 Å². The number of aliphatic hydroxyl groups excluding tert-OH is 1. The topological polar surface area (TPSA) is 60.9 Å². The van der Waals surface area contributed by atoms with Gasteiger partial charge in [-0.3, -0.25) is 14.5 Å². The Labute approximate surface area is 141 Å². The third-order valence-electron chi connectivity index (χ3n) is 4.74. The Bertz CT molecular complexity index is 694. The summed E-state index contributed by atoms with van der Waals surface area (Å²) in [4.78, 5) is 27.8. The summed E-state index contributed by atoms with van der Waals surface area (Å²) in [7, 11) is 2.11. The van der Waals surface area contributed by atoms with Gasteiger partial charge in [0, 0.05) is 31.2 Å². The molecule has 0 aliphatic carbocycles. The SMILES string of the molecule is CN1CC2CC1CN2C(=O)/C=C/c1cccc(/C=C/C(=O)CO)c1. The summed E-state index contributed by atoms with van der Waals surface area (Å²) in [6.07, 6.45) is 7.53. The Morgan fingerprint density at radius 1 is 1.17 bits per heavy atom. The fourth-order valence-electron chi connectivity index (χ4n) is 3.41. The van der Waals surface area contributed by atoms with Gasteiger partial charge >= 0.3 is 0 Å². The van der Waals surface area contributed by atoms with Gasteiger partial charge in [-0.2, -0.15) is 0 Å². The lowest BCUT2D eigenvalue weighted by molar-refractivity contribution is -0.128. The van der Waals surface area contributed by atoms with Gasteiger partial charge in [0.25, 0.3) is 0 Å². The van der Waals surface area contributed by atoms with E-state index < -0.39 is 6.61 Å². The number of hydrogen-bond acceptors (Lipinski definition) is 4. The van der Waals surface area contributed by atoms with Gasteiger partial charge in [0.2, 0.25) is 5.91 Å². The molecule has 0 spiro atoms. The molecular weight excluding hydrogens is 304 g/mol. The van der Waals surface area contributed by atoms with Gasteiger partial charge < -0.3 is 10.0 Å². The normalized spacial score (nSPS) is 23.7. The second kappa shape index (κ2) is 7.11. The van der Waals surface area contributed by atoms with Crippen LogP contribution in [0.15, 0.2) is 36.4 Å². The fourth-order valence-corrected chi connectivity index (χ4v) is 3.41. The first-order chi connectivity index (χ1) is 11.6. The number of likely N-dealkylation sites (tertiary alicyclic amines) is 2. The largest absolute Gasteiger partial charge is 0.388 e. The molecule has 126 valence electrons. The Balaban J connectivity index is 1.63. The second-order valence-corrected chi connectivity index (χ2v) is 6.43. The molecule has 2 heterocycles. The highest BCUT2D eigenvalue weighted by atomic mass is 16.3. The summed E-state index contributed by atoms with van der Waals surface area (Å²) >= 11 is 0. The van der Waals surface area contributed by atoms with Gasteiger partial charge in [0.05, 0.1) is 0 Å². The molecule has 0 radical (unpaired) electrons. The monoisotopic (exact) mass is 326 g/mol. The molecule has 5 heteroatoms. The standard InChI is InChI=1S/C19H22N2O3/c1-20-11-17-10-16(20)12-21(17)19(24)8-6-15-4-2-3-14(9-15)5-7-18(23)13-22/h2-9,16-17,22H,10-13H2,1H3/b7-5+,8-6+. The minimum absolute atomic E-state index is 0.0620.